The number of anilines is 2. The fourth-order valence-corrected chi connectivity index (χ4v) is 1.86. The molecule has 2 N–H and O–H groups in total. The number of piperidine rings is 1. The zero-order valence-corrected chi connectivity index (χ0v) is 9.17. The molecule has 1 fully saturated rings. The minimum absolute atomic E-state index is 0.145. The Morgan fingerprint density at radius 2 is 1.76 bits per heavy atom. The summed E-state index contributed by atoms with van der Waals surface area (Å²) in [6, 6.07) is 1.39. The second-order valence-electron chi connectivity index (χ2n) is 4.02. The lowest BCUT2D eigenvalue weighted by Crippen LogP contribution is -2.31. The van der Waals surface area contributed by atoms with E-state index in [2.05, 4.69) is 9.97 Å². The Kier molecular flexibility index (Phi) is 3.08. The smallest absolute Gasteiger partial charge is 0.384 e. The van der Waals surface area contributed by atoms with Crippen molar-refractivity contribution in [2.75, 3.05) is 23.7 Å². The molecule has 4 nitrogen and oxygen atoms in total. The highest BCUT2D eigenvalue weighted by atomic mass is 19.4. The van der Waals surface area contributed by atoms with E-state index in [-0.39, 0.29) is 11.6 Å². The van der Waals surface area contributed by atoms with Gasteiger partial charge in [0.05, 0.1) is 0 Å². The van der Waals surface area contributed by atoms with Crippen molar-refractivity contribution in [3.8, 4) is 0 Å². The normalized spacial score (nSPS) is 17.2. The van der Waals surface area contributed by atoms with Crippen LogP contribution >= 0.6 is 0 Å². The van der Waals surface area contributed by atoms with Crippen LogP contribution in [0.3, 0.4) is 0 Å². The molecule has 0 unspecified atom stereocenters. The van der Waals surface area contributed by atoms with Crippen molar-refractivity contribution in [3.05, 3.63) is 11.9 Å². The van der Waals surface area contributed by atoms with E-state index in [4.69, 9.17) is 5.73 Å². The first-order chi connectivity index (χ1) is 7.97. The van der Waals surface area contributed by atoms with Gasteiger partial charge in [-0.25, -0.2) is 9.97 Å². The maximum Gasteiger partial charge on any atom is 0.451 e. The number of nitrogen functional groups attached to an aromatic ring is 1. The summed E-state index contributed by atoms with van der Waals surface area (Å²) in [5.74, 6) is -1.05. The number of nitrogens with zero attached hydrogens (tertiary/aromatic N) is 3. The first-order valence-electron chi connectivity index (χ1n) is 5.43. The summed E-state index contributed by atoms with van der Waals surface area (Å²) in [6.07, 6.45) is -1.53. The second kappa shape index (κ2) is 4.38. The van der Waals surface area contributed by atoms with E-state index in [0.717, 1.165) is 19.3 Å². The SMILES string of the molecule is Nc1cc(N2CCCCC2)nc(C(F)(F)F)n1. The summed E-state index contributed by atoms with van der Waals surface area (Å²) in [7, 11) is 0. The number of hydrogen-bond donors (Lipinski definition) is 1. The average molecular weight is 246 g/mol. The van der Waals surface area contributed by atoms with Gasteiger partial charge < -0.3 is 10.6 Å². The van der Waals surface area contributed by atoms with Gasteiger partial charge in [0.1, 0.15) is 11.6 Å². The van der Waals surface area contributed by atoms with Gasteiger partial charge in [-0.05, 0) is 19.3 Å². The van der Waals surface area contributed by atoms with Gasteiger partial charge in [-0.15, -0.1) is 0 Å². The van der Waals surface area contributed by atoms with Gasteiger partial charge in [0, 0.05) is 19.2 Å². The Hall–Kier alpha value is -1.53. The molecule has 0 spiro atoms. The van der Waals surface area contributed by atoms with Crippen molar-refractivity contribution in [2.45, 2.75) is 25.4 Å². The highest BCUT2D eigenvalue weighted by Gasteiger charge is 2.35. The molecule has 1 aromatic heterocycles. The van der Waals surface area contributed by atoms with Crippen LogP contribution in [0.15, 0.2) is 6.07 Å². The Morgan fingerprint density at radius 1 is 1.12 bits per heavy atom. The number of aromatic nitrogens is 2. The minimum atomic E-state index is -4.56. The van der Waals surface area contributed by atoms with Gasteiger partial charge in [-0.1, -0.05) is 0 Å². The largest absolute Gasteiger partial charge is 0.451 e. The third-order valence-corrected chi connectivity index (χ3v) is 2.67. The fraction of sp³-hybridized carbons (Fsp3) is 0.600. The minimum Gasteiger partial charge on any atom is -0.384 e. The standard InChI is InChI=1S/C10H13F3N4/c11-10(12,13)9-15-7(14)6-8(16-9)17-4-2-1-3-5-17/h6H,1-5H2,(H2,14,15,16). The van der Waals surface area contributed by atoms with Gasteiger partial charge in [0.25, 0.3) is 0 Å². The van der Waals surface area contributed by atoms with Crippen LogP contribution in [0.25, 0.3) is 0 Å². The number of rotatable bonds is 1. The predicted molar refractivity (Wildman–Crippen MR) is 57.5 cm³/mol. The molecule has 94 valence electrons. The van der Waals surface area contributed by atoms with Gasteiger partial charge in [-0.2, -0.15) is 13.2 Å². The van der Waals surface area contributed by atoms with Crippen molar-refractivity contribution in [3.63, 3.8) is 0 Å². The molecule has 1 aliphatic rings. The molecular weight excluding hydrogens is 233 g/mol. The van der Waals surface area contributed by atoms with Crippen LogP contribution in [0.2, 0.25) is 0 Å². The van der Waals surface area contributed by atoms with E-state index in [1.807, 2.05) is 4.90 Å². The van der Waals surface area contributed by atoms with Crippen molar-refractivity contribution >= 4 is 11.6 Å². The van der Waals surface area contributed by atoms with Crippen LogP contribution in [0.4, 0.5) is 24.8 Å². The predicted octanol–water partition coefficient (Wildman–Crippen LogP) is 2.07. The van der Waals surface area contributed by atoms with Crippen molar-refractivity contribution in [1.82, 2.24) is 9.97 Å². The lowest BCUT2D eigenvalue weighted by molar-refractivity contribution is -0.144. The summed E-state index contributed by atoms with van der Waals surface area (Å²) in [4.78, 5) is 8.57. The highest BCUT2D eigenvalue weighted by molar-refractivity contribution is 5.47. The van der Waals surface area contributed by atoms with Gasteiger partial charge >= 0.3 is 6.18 Å². The van der Waals surface area contributed by atoms with E-state index in [0.29, 0.717) is 13.1 Å². The zero-order chi connectivity index (χ0) is 12.5. The Bertz CT molecular complexity index is 399. The molecule has 0 aromatic carbocycles. The fourth-order valence-electron chi connectivity index (χ4n) is 1.86. The van der Waals surface area contributed by atoms with Crippen LogP contribution in [-0.4, -0.2) is 23.1 Å². The molecule has 1 saturated heterocycles. The monoisotopic (exact) mass is 246 g/mol. The summed E-state index contributed by atoms with van der Waals surface area (Å²) in [6.45, 7) is 1.43. The van der Waals surface area contributed by atoms with Crippen molar-refractivity contribution < 1.29 is 13.2 Å². The number of halogens is 3. The Balaban J connectivity index is 2.31. The van der Waals surface area contributed by atoms with E-state index >= 15 is 0 Å². The van der Waals surface area contributed by atoms with Crippen molar-refractivity contribution in [1.29, 1.82) is 0 Å². The molecular formula is C10H13F3N4. The highest BCUT2D eigenvalue weighted by Crippen LogP contribution is 2.29. The number of hydrogen-bond acceptors (Lipinski definition) is 4. The summed E-state index contributed by atoms with van der Waals surface area (Å²) >= 11 is 0. The first kappa shape index (κ1) is 11.9. The molecule has 0 saturated carbocycles. The van der Waals surface area contributed by atoms with Crippen molar-refractivity contribution in [2.24, 2.45) is 0 Å². The lowest BCUT2D eigenvalue weighted by atomic mass is 10.1. The Morgan fingerprint density at radius 3 is 2.35 bits per heavy atom. The van der Waals surface area contributed by atoms with Crippen LogP contribution in [0.1, 0.15) is 25.1 Å². The summed E-state index contributed by atoms with van der Waals surface area (Å²) in [5.41, 5.74) is 5.38. The van der Waals surface area contributed by atoms with E-state index in [1.54, 1.807) is 0 Å². The van der Waals surface area contributed by atoms with Crippen LogP contribution in [0.5, 0.6) is 0 Å². The number of alkyl halides is 3. The average Bonchev–Trinajstić information content (AvgIpc) is 2.28. The molecule has 0 aliphatic carbocycles. The third kappa shape index (κ3) is 2.78. The summed E-state index contributed by atoms with van der Waals surface area (Å²) < 4.78 is 37.5. The molecule has 7 heteroatoms. The van der Waals surface area contributed by atoms with Crippen LogP contribution in [0, 0.1) is 0 Å². The molecule has 0 radical (unpaired) electrons. The molecule has 0 bridgehead atoms. The number of nitrogens with two attached hydrogens (primary N) is 1. The molecule has 1 aromatic rings. The summed E-state index contributed by atoms with van der Waals surface area (Å²) in [5, 5.41) is 0. The quantitative estimate of drug-likeness (QED) is 0.824. The molecule has 0 atom stereocenters. The molecule has 0 amide bonds. The third-order valence-electron chi connectivity index (χ3n) is 2.67. The topological polar surface area (TPSA) is 55.0 Å². The maximum absolute atomic E-state index is 12.5. The van der Waals surface area contributed by atoms with E-state index < -0.39 is 12.0 Å². The van der Waals surface area contributed by atoms with E-state index in [1.165, 1.54) is 6.07 Å². The van der Waals surface area contributed by atoms with Crippen LogP contribution in [-0.2, 0) is 6.18 Å². The second-order valence-corrected chi connectivity index (χ2v) is 4.02. The van der Waals surface area contributed by atoms with Gasteiger partial charge in [0.15, 0.2) is 0 Å². The molecule has 2 rings (SSSR count). The van der Waals surface area contributed by atoms with Crippen LogP contribution < -0.4 is 10.6 Å². The zero-order valence-electron chi connectivity index (χ0n) is 9.17. The molecule has 2 heterocycles. The molecule has 17 heavy (non-hydrogen) atoms. The van der Waals surface area contributed by atoms with Gasteiger partial charge in [-0.3, -0.25) is 0 Å². The lowest BCUT2D eigenvalue weighted by Gasteiger charge is -2.28. The Labute approximate surface area is 96.7 Å². The van der Waals surface area contributed by atoms with Gasteiger partial charge in [0.2, 0.25) is 5.82 Å². The van der Waals surface area contributed by atoms with E-state index in [9.17, 15) is 13.2 Å². The molecule has 1 aliphatic heterocycles. The maximum atomic E-state index is 12.5. The first-order valence-corrected chi connectivity index (χ1v) is 5.43.